The van der Waals surface area contributed by atoms with Crippen LogP contribution in [0.15, 0.2) is 0 Å². The van der Waals surface area contributed by atoms with E-state index in [0.717, 1.165) is 50.7 Å². The lowest BCUT2D eigenvalue weighted by atomic mass is 9.79. The summed E-state index contributed by atoms with van der Waals surface area (Å²) in [6.45, 7) is 12.3. The summed E-state index contributed by atoms with van der Waals surface area (Å²) in [5.74, 6) is 1.76. The lowest BCUT2D eigenvalue weighted by Gasteiger charge is -2.35. The molecule has 3 heteroatoms. The van der Waals surface area contributed by atoms with Gasteiger partial charge in [-0.25, -0.2) is 0 Å². The molecule has 2 fully saturated rings. The van der Waals surface area contributed by atoms with Crippen molar-refractivity contribution in [2.75, 3.05) is 32.8 Å². The fraction of sp³-hybridized carbons (Fsp3) is 1.00. The fourth-order valence-corrected chi connectivity index (χ4v) is 3.51. The second kappa shape index (κ2) is 7.61. The van der Waals surface area contributed by atoms with Gasteiger partial charge in [0.2, 0.25) is 0 Å². The van der Waals surface area contributed by atoms with Crippen molar-refractivity contribution in [3.8, 4) is 0 Å². The molecule has 1 saturated heterocycles. The Kier molecular flexibility index (Phi) is 6.11. The molecular weight excluding hydrogens is 236 g/mol. The van der Waals surface area contributed by atoms with Crippen LogP contribution in [-0.2, 0) is 4.74 Å². The first-order chi connectivity index (χ1) is 9.19. The number of likely N-dealkylation sites (N-methyl/N-ethyl adjacent to an activating group) is 1. The van der Waals surface area contributed by atoms with E-state index in [2.05, 4.69) is 31.0 Å². The largest absolute Gasteiger partial charge is 0.374 e. The highest BCUT2D eigenvalue weighted by Crippen LogP contribution is 2.29. The van der Waals surface area contributed by atoms with Gasteiger partial charge < -0.3 is 10.1 Å². The Morgan fingerprint density at radius 1 is 1.32 bits per heavy atom. The van der Waals surface area contributed by atoms with E-state index in [4.69, 9.17) is 4.74 Å². The molecule has 1 heterocycles. The molecule has 0 aromatic rings. The van der Waals surface area contributed by atoms with Crippen LogP contribution in [0, 0.1) is 11.8 Å². The van der Waals surface area contributed by atoms with E-state index in [0.29, 0.717) is 6.10 Å². The van der Waals surface area contributed by atoms with Crippen LogP contribution in [-0.4, -0.2) is 49.8 Å². The molecule has 2 rings (SSSR count). The average molecular weight is 268 g/mol. The van der Waals surface area contributed by atoms with E-state index in [1.54, 1.807) is 0 Å². The van der Waals surface area contributed by atoms with Gasteiger partial charge in [-0.15, -0.1) is 0 Å². The van der Waals surface area contributed by atoms with Crippen molar-refractivity contribution < 1.29 is 4.74 Å². The second-order valence-electron chi connectivity index (χ2n) is 6.66. The Morgan fingerprint density at radius 3 is 2.89 bits per heavy atom. The highest BCUT2D eigenvalue weighted by Gasteiger charge is 2.25. The quantitative estimate of drug-likeness (QED) is 0.829. The smallest absolute Gasteiger partial charge is 0.0826 e. The summed E-state index contributed by atoms with van der Waals surface area (Å²) in [5, 5.41) is 3.77. The summed E-state index contributed by atoms with van der Waals surface area (Å²) in [4.78, 5) is 2.49. The van der Waals surface area contributed by atoms with Crippen molar-refractivity contribution in [3.63, 3.8) is 0 Å². The molecule has 1 aliphatic carbocycles. The van der Waals surface area contributed by atoms with Gasteiger partial charge in [0.15, 0.2) is 0 Å². The number of hydrogen-bond acceptors (Lipinski definition) is 3. The van der Waals surface area contributed by atoms with E-state index in [1.165, 1.54) is 25.7 Å². The van der Waals surface area contributed by atoms with E-state index < -0.39 is 0 Å². The van der Waals surface area contributed by atoms with Crippen molar-refractivity contribution in [2.24, 2.45) is 11.8 Å². The zero-order valence-corrected chi connectivity index (χ0v) is 13.0. The summed E-state index contributed by atoms with van der Waals surface area (Å²) < 4.78 is 5.87. The maximum atomic E-state index is 5.87. The van der Waals surface area contributed by atoms with Gasteiger partial charge in [0.05, 0.1) is 12.7 Å². The van der Waals surface area contributed by atoms with Crippen molar-refractivity contribution >= 4 is 0 Å². The highest BCUT2D eigenvalue weighted by molar-refractivity contribution is 4.81. The summed E-state index contributed by atoms with van der Waals surface area (Å²) in [6, 6.07) is 0.724. The molecule has 0 radical (unpaired) electrons. The minimum atomic E-state index is 0.396. The van der Waals surface area contributed by atoms with Crippen molar-refractivity contribution in [1.82, 2.24) is 10.2 Å². The lowest BCUT2D eigenvalue weighted by Crippen LogP contribution is -2.48. The molecule has 0 bridgehead atoms. The van der Waals surface area contributed by atoms with Gasteiger partial charge in [-0.2, -0.15) is 0 Å². The van der Waals surface area contributed by atoms with Gasteiger partial charge in [0, 0.05) is 25.7 Å². The van der Waals surface area contributed by atoms with Gasteiger partial charge in [-0.3, -0.25) is 4.90 Å². The Balaban J connectivity index is 1.69. The number of nitrogens with zero attached hydrogens (tertiary/aromatic N) is 1. The third kappa shape index (κ3) is 4.73. The molecule has 1 N–H and O–H groups in total. The molecule has 0 amide bonds. The zero-order valence-electron chi connectivity index (χ0n) is 13.0. The lowest BCUT2D eigenvalue weighted by molar-refractivity contribution is -0.0272. The second-order valence-corrected chi connectivity index (χ2v) is 6.66. The Morgan fingerprint density at radius 2 is 2.16 bits per heavy atom. The predicted molar refractivity (Wildman–Crippen MR) is 80.4 cm³/mol. The Labute approximate surface area is 119 Å². The highest BCUT2D eigenvalue weighted by atomic mass is 16.5. The first kappa shape index (κ1) is 15.3. The van der Waals surface area contributed by atoms with E-state index in [-0.39, 0.29) is 0 Å². The van der Waals surface area contributed by atoms with Crippen LogP contribution >= 0.6 is 0 Å². The minimum absolute atomic E-state index is 0.396. The van der Waals surface area contributed by atoms with Crippen molar-refractivity contribution in [1.29, 1.82) is 0 Å². The molecule has 1 aliphatic heterocycles. The van der Waals surface area contributed by atoms with Crippen LogP contribution in [0.4, 0.5) is 0 Å². The van der Waals surface area contributed by atoms with Gasteiger partial charge >= 0.3 is 0 Å². The molecule has 3 nitrogen and oxygen atoms in total. The first-order valence-corrected chi connectivity index (χ1v) is 8.26. The van der Waals surface area contributed by atoms with Crippen LogP contribution in [0.2, 0.25) is 0 Å². The number of rotatable bonds is 5. The molecule has 0 aromatic heterocycles. The van der Waals surface area contributed by atoms with Gasteiger partial charge in [-0.1, -0.05) is 33.6 Å². The molecule has 19 heavy (non-hydrogen) atoms. The summed E-state index contributed by atoms with van der Waals surface area (Å²) in [6.07, 6.45) is 5.94. The molecule has 3 unspecified atom stereocenters. The molecule has 0 spiro atoms. The van der Waals surface area contributed by atoms with Crippen LogP contribution in [0.5, 0.6) is 0 Å². The van der Waals surface area contributed by atoms with Gasteiger partial charge in [-0.05, 0) is 31.2 Å². The molecule has 2 aliphatic rings. The number of nitrogens with one attached hydrogen (secondary N) is 1. The third-order valence-electron chi connectivity index (χ3n) is 4.96. The topological polar surface area (TPSA) is 24.5 Å². The van der Waals surface area contributed by atoms with Crippen LogP contribution in [0.1, 0.15) is 46.5 Å². The van der Waals surface area contributed by atoms with Crippen molar-refractivity contribution in [3.05, 3.63) is 0 Å². The van der Waals surface area contributed by atoms with E-state index in [9.17, 15) is 0 Å². The number of morpholine rings is 1. The minimum Gasteiger partial charge on any atom is -0.374 e. The maximum absolute atomic E-state index is 5.87. The summed E-state index contributed by atoms with van der Waals surface area (Å²) in [7, 11) is 0. The summed E-state index contributed by atoms with van der Waals surface area (Å²) >= 11 is 0. The molecule has 0 aromatic carbocycles. The molecule has 3 atom stereocenters. The van der Waals surface area contributed by atoms with Gasteiger partial charge in [0.1, 0.15) is 0 Å². The van der Waals surface area contributed by atoms with Crippen LogP contribution in [0.3, 0.4) is 0 Å². The normalized spacial score (nSPS) is 33.8. The third-order valence-corrected chi connectivity index (χ3v) is 4.96. The number of hydrogen-bond donors (Lipinski definition) is 1. The van der Waals surface area contributed by atoms with E-state index in [1.807, 2.05) is 0 Å². The van der Waals surface area contributed by atoms with Crippen LogP contribution < -0.4 is 5.32 Å². The SMILES string of the molecule is CCN1CCOC(CNC2CCCC(C(C)C)C2)C1. The number of ether oxygens (including phenoxy) is 1. The molecule has 1 saturated carbocycles. The Bertz CT molecular complexity index is 257. The fourth-order valence-electron chi connectivity index (χ4n) is 3.51. The predicted octanol–water partition coefficient (Wildman–Crippen LogP) is 2.51. The summed E-state index contributed by atoms with van der Waals surface area (Å²) in [5.41, 5.74) is 0. The first-order valence-electron chi connectivity index (χ1n) is 8.26. The zero-order chi connectivity index (χ0) is 13.7. The van der Waals surface area contributed by atoms with E-state index >= 15 is 0 Å². The maximum Gasteiger partial charge on any atom is 0.0826 e. The van der Waals surface area contributed by atoms with Crippen molar-refractivity contribution in [2.45, 2.75) is 58.6 Å². The Hall–Kier alpha value is -0.120. The molecule has 112 valence electrons. The van der Waals surface area contributed by atoms with Gasteiger partial charge in [0.25, 0.3) is 0 Å². The average Bonchev–Trinajstić information content (AvgIpc) is 2.45. The molecular formula is C16H32N2O. The monoisotopic (exact) mass is 268 g/mol. The standard InChI is InChI=1S/C16H32N2O/c1-4-18-8-9-19-16(12-18)11-17-15-7-5-6-14(10-15)13(2)3/h13-17H,4-12H2,1-3H3. The van der Waals surface area contributed by atoms with Crippen LogP contribution in [0.25, 0.3) is 0 Å².